The van der Waals surface area contributed by atoms with Gasteiger partial charge in [0.25, 0.3) is 0 Å². The number of fused-ring (bicyclic) bond motifs is 2. The van der Waals surface area contributed by atoms with E-state index in [9.17, 15) is 23.1 Å². The number of carboxylic acid groups (broad SMARTS) is 1. The van der Waals surface area contributed by atoms with Crippen LogP contribution in [0.15, 0.2) is 30.5 Å². The van der Waals surface area contributed by atoms with E-state index in [-0.39, 0.29) is 35.3 Å². The van der Waals surface area contributed by atoms with Crippen LogP contribution in [-0.2, 0) is 21.1 Å². The summed E-state index contributed by atoms with van der Waals surface area (Å²) in [5, 5.41) is 13.5. The van der Waals surface area contributed by atoms with Gasteiger partial charge in [0.05, 0.1) is 33.1 Å². The number of carbonyl (C=O) groups excluding carboxylic acids is 1. The van der Waals surface area contributed by atoms with E-state index in [1.54, 1.807) is 6.20 Å². The summed E-state index contributed by atoms with van der Waals surface area (Å²) in [4.78, 5) is 34.8. The Morgan fingerprint density at radius 2 is 1.86 bits per heavy atom. The monoisotopic (exact) mass is 512 g/mol. The van der Waals surface area contributed by atoms with E-state index in [4.69, 9.17) is 0 Å². The summed E-state index contributed by atoms with van der Waals surface area (Å²) in [6.45, 7) is 0. The van der Waals surface area contributed by atoms with Crippen molar-refractivity contribution in [2.45, 2.75) is 38.1 Å². The summed E-state index contributed by atoms with van der Waals surface area (Å²) in [6, 6.07) is 7.34. The largest absolute Gasteiger partial charge is 0.465 e. The minimum atomic E-state index is -3.03. The van der Waals surface area contributed by atoms with Crippen LogP contribution < -0.4 is 10.2 Å². The lowest BCUT2D eigenvalue weighted by molar-refractivity contribution is -0.117. The Morgan fingerprint density at radius 3 is 2.57 bits per heavy atom. The Balaban J connectivity index is 1.28. The van der Waals surface area contributed by atoms with Crippen LogP contribution >= 0.6 is 11.3 Å². The number of benzene rings is 1. The number of hydrogen-bond donors (Lipinski definition) is 2. The first-order chi connectivity index (χ1) is 16.8. The molecule has 1 unspecified atom stereocenters. The zero-order valence-corrected chi connectivity index (χ0v) is 20.4. The molecular weight excluding hydrogens is 488 g/mol. The van der Waals surface area contributed by atoms with Gasteiger partial charge in [-0.3, -0.25) is 14.7 Å². The lowest BCUT2D eigenvalue weighted by atomic mass is 9.91. The van der Waals surface area contributed by atoms with Crippen molar-refractivity contribution in [2.24, 2.45) is 11.8 Å². The molecule has 6 rings (SSSR count). The number of anilines is 2. The minimum Gasteiger partial charge on any atom is -0.465 e. The van der Waals surface area contributed by atoms with Crippen LogP contribution in [0.3, 0.4) is 0 Å². The van der Waals surface area contributed by atoms with Gasteiger partial charge in [-0.15, -0.1) is 0 Å². The second-order valence-corrected chi connectivity index (χ2v) is 12.9. The molecule has 3 aromatic rings. The van der Waals surface area contributed by atoms with Crippen LogP contribution in [0, 0.1) is 11.8 Å². The van der Waals surface area contributed by atoms with Gasteiger partial charge in [-0.2, -0.15) is 0 Å². The number of aromatic nitrogens is 2. The van der Waals surface area contributed by atoms with E-state index in [0.29, 0.717) is 30.1 Å². The minimum absolute atomic E-state index is 0.00918. The van der Waals surface area contributed by atoms with Gasteiger partial charge in [0.15, 0.2) is 5.13 Å². The molecule has 3 aliphatic rings. The SMILES string of the molecule is O=C(Nc1nc2ccc(-c3cnc4c(c3)N(C(=O)O)C(C3CCS(=O)(=O)CC3)C4)cc2s1)C1CC1. The molecule has 182 valence electrons. The Labute approximate surface area is 206 Å². The van der Waals surface area contributed by atoms with Crippen LogP contribution in [0.4, 0.5) is 15.6 Å². The van der Waals surface area contributed by atoms with Crippen molar-refractivity contribution in [3.63, 3.8) is 0 Å². The first kappa shape index (κ1) is 22.4. The molecule has 0 spiro atoms. The van der Waals surface area contributed by atoms with Gasteiger partial charge in [-0.25, -0.2) is 18.2 Å². The highest BCUT2D eigenvalue weighted by Gasteiger charge is 2.41. The highest BCUT2D eigenvalue weighted by Crippen LogP contribution is 2.40. The molecule has 0 radical (unpaired) electrons. The summed E-state index contributed by atoms with van der Waals surface area (Å²) >= 11 is 1.41. The summed E-state index contributed by atoms with van der Waals surface area (Å²) < 4.78 is 24.6. The smallest absolute Gasteiger partial charge is 0.412 e. The number of rotatable bonds is 4. The molecule has 9 nitrogen and oxygen atoms in total. The summed E-state index contributed by atoms with van der Waals surface area (Å²) in [7, 11) is -3.03. The highest BCUT2D eigenvalue weighted by molar-refractivity contribution is 7.91. The maximum atomic E-state index is 12.2. The topological polar surface area (TPSA) is 130 Å². The molecule has 1 atom stereocenters. The number of carbonyl (C=O) groups is 2. The second-order valence-electron chi connectivity index (χ2n) is 9.57. The van der Waals surface area contributed by atoms with Crippen molar-refractivity contribution in [1.82, 2.24) is 9.97 Å². The molecule has 1 aliphatic carbocycles. The zero-order chi connectivity index (χ0) is 24.3. The molecule has 4 heterocycles. The Hall–Kier alpha value is -3.05. The first-order valence-electron chi connectivity index (χ1n) is 11.7. The van der Waals surface area contributed by atoms with Gasteiger partial charge in [-0.1, -0.05) is 17.4 Å². The maximum absolute atomic E-state index is 12.2. The van der Waals surface area contributed by atoms with Crippen molar-refractivity contribution >= 4 is 54.2 Å². The molecule has 0 bridgehead atoms. The number of sulfone groups is 1. The van der Waals surface area contributed by atoms with Gasteiger partial charge >= 0.3 is 6.09 Å². The van der Waals surface area contributed by atoms with Crippen molar-refractivity contribution in [3.05, 3.63) is 36.2 Å². The predicted octanol–water partition coefficient (Wildman–Crippen LogP) is 3.94. The van der Waals surface area contributed by atoms with E-state index in [1.807, 2.05) is 24.3 Å². The lowest BCUT2D eigenvalue weighted by Gasteiger charge is -2.32. The lowest BCUT2D eigenvalue weighted by Crippen LogP contribution is -2.44. The number of pyridine rings is 1. The quantitative estimate of drug-likeness (QED) is 0.542. The van der Waals surface area contributed by atoms with E-state index >= 15 is 0 Å². The van der Waals surface area contributed by atoms with Crippen LogP contribution in [0.1, 0.15) is 31.4 Å². The Morgan fingerprint density at radius 1 is 1.09 bits per heavy atom. The molecule has 11 heteroatoms. The van der Waals surface area contributed by atoms with Crippen molar-refractivity contribution in [2.75, 3.05) is 21.7 Å². The number of amides is 2. The third-order valence-electron chi connectivity index (χ3n) is 7.19. The van der Waals surface area contributed by atoms with E-state index in [1.165, 1.54) is 16.2 Å². The molecular formula is C24H24N4O5S2. The second kappa shape index (κ2) is 8.27. The zero-order valence-electron chi connectivity index (χ0n) is 18.8. The molecule has 2 aliphatic heterocycles. The molecule has 1 saturated carbocycles. The number of hydrogen-bond acceptors (Lipinski definition) is 7. The van der Waals surface area contributed by atoms with Gasteiger partial charge in [0.1, 0.15) is 9.84 Å². The Bertz CT molecular complexity index is 1450. The third-order valence-corrected chi connectivity index (χ3v) is 9.84. The van der Waals surface area contributed by atoms with Crippen LogP contribution in [0.25, 0.3) is 21.3 Å². The first-order valence-corrected chi connectivity index (χ1v) is 14.3. The standard InChI is InChI=1S/C24H24N4O5S2/c29-22(14-1-2-14)27-23-26-17-4-3-15(10-21(17)34-23)16-9-20-18(25-12-16)11-19(28(20)24(30)31)13-5-7-35(32,33)8-6-13/h3-4,9-10,12-14,19H,1-2,5-8,11H2,(H,30,31)(H,26,27,29). The van der Waals surface area contributed by atoms with Gasteiger partial charge in [0.2, 0.25) is 5.91 Å². The summed E-state index contributed by atoms with van der Waals surface area (Å²) in [5.74, 6) is 0.327. The molecule has 1 aromatic carbocycles. The van der Waals surface area contributed by atoms with Crippen molar-refractivity contribution in [1.29, 1.82) is 0 Å². The third kappa shape index (κ3) is 4.27. The molecule has 35 heavy (non-hydrogen) atoms. The van der Waals surface area contributed by atoms with E-state index in [0.717, 1.165) is 39.9 Å². The van der Waals surface area contributed by atoms with Gasteiger partial charge in [0, 0.05) is 30.1 Å². The van der Waals surface area contributed by atoms with Crippen LogP contribution in [-0.4, -0.2) is 53.0 Å². The number of nitrogens with zero attached hydrogens (tertiary/aromatic N) is 3. The number of nitrogens with one attached hydrogen (secondary N) is 1. The van der Waals surface area contributed by atoms with Crippen molar-refractivity contribution in [3.8, 4) is 11.1 Å². The fourth-order valence-corrected chi connectivity index (χ4v) is 7.54. The molecule has 2 fully saturated rings. The fourth-order valence-electron chi connectivity index (χ4n) is 5.10. The Kier molecular flexibility index (Phi) is 5.29. The summed E-state index contributed by atoms with van der Waals surface area (Å²) in [6.07, 6.45) is 4.00. The average Bonchev–Trinajstić information content (AvgIpc) is 3.49. The fraction of sp³-hybridized carbons (Fsp3) is 0.417. The average molecular weight is 513 g/mol. The molecule has 2 amide bonds. The van der Waals surface area contributed by atoms with Gasteiger partial charge < -0.3 is 10.4 Å². The predicted molar refractivity (Wildman–Crippen MR) is 134 cm³/mol. The highest BCUT2D eigenvalue weighted by atomic mass is 32.2. The van der Waals surface area contributed by atoms with Crippen LogP contribution in [0.2, 0.25) is 0 Å². The maximum Gasteiger partial charge on any atom is 0.412 e. The molecule has 2 aromatic heterocycles. The number of thiazole rings is 1. The summed E-state index contributed by atoms with van der Waals surface area (Å²) in [5.41, 5.74) is 3.75. The van der Waals surface area contributed by atoms with E-state index in [2.05, 4.69) is 15.3 Å². The van der Waals surface area contributed by atoms with Gasteiger partial charge in [-0.05, 0) is 55.4 Å². The molecule has 2 N–H and O–H groups in total. The normalized spacial score (nSPS) is 21.7. The molecule has 1 saturated heterocycles. The van der Waals surface area contributed by atoms with E-state index < -0.39 is 15.9 Å². The van der Waals surface area contributed by atoms with Crippen molar-refractivity contribution < 1.29 is 23.1 Å². The van der Waals surface area contributed by atoms with Crippen LogP contribution in [0.5, 0.6) is 0 Å².